The van der Waals surface area contributed by atoms with E-state index in [1.165, 1.54) is 6.42 Å². The van der Waals surface area contributed by atoms with Crippen molar-refractivity contribution in [2.45, 2.75) is 31.8 Å². The number of hydrogen-bond donors (Lipinski definition) is 1. The summed E-state index contributed by atoms with van der Waals surface area (Å²) in [6.07, 6.45) is 5.96. The third-order valence-corrected chi connectivity index (χ3v) is 3.40. The Hall–Kier alpha value is -0.990. The molecule has 1 unspecified atom stereocenters. The third kappa shape index (κ3) is 2.82. The zero-order valence-corrected chi connectivity index (χ0v) is 10.7. The summed E-state index contributed by atoms with van der Waals surface area (Å²) in [6.45, 7) is 0. The standard InChI is InChI=1S/C14H17ClO2/c1-17-13-9-11(15)7-8-12(13)14(16)10-5-3-2-4-6-10/h5,7-9,14,16H,2-4,6H2,1H3. The second kappa shape index (κ2) is 5.56. The number of halogens is 1. The molecule has 17 heavy (non-hydrogen) atoms. The van der Waals surface area contributed by atoms with Gasteiger partial charge in [-0.1, -0.05) is 23.7 Å². The smallest absolute Gasteiger partial charge is 0.126 e. The molecule has 3 heteroatoms. The van der Waals surface area contributed by atoms with Gasteiger partial charge < -0.3 is 9.84 Å². The minimum absolute atomic E-state index is 0.567. The van der Waals surface area contributed by atoms with E-state index in [-0.39, 0.29) is 0 Å². The maximum Gasteiger partial charge on any atom is 0.126 e. The van der Waals surface area contributed by atoms with Crippen molar-refractivity contribution in [3.8, 4) is 5.75 Å². The predicted molar refractivity (Wildman–Crippen MR) is 69.5 cm³/mol. The van der Waals surface area contributed by atoms with Gasteiger partial charge in [-0.05, 0) is 43.4 Å². The summed E-state index contributed by atoms with van der Waals surface area (Å²) in [5.74, 6) is 0.650. The number of aliphatic hydroxyl groups excluding tert-OH is 1. The van der Waals surface area contributed by atoms with Crippen molar-refractivity contribution in [1.82, 2.24) is 0 Å². The number of allylic oxidation sites excluding steroid dienone is 1. The van der Waals surface area contributed by atoms with Gasteiger partial charge in [-0.2, -0.15) is 0 Å². The molecule has 1 aromatic rings. The van der Waals surface area contributed by atoms with Gasteiger partial charge in [0.1, 0.15) is 11.9 Å². The van der Waals surface area contributed by atoms with Gasteiger partial charge >= 0.3 is 0 Å². The summed E-state index contributed by atoms with van der Waals surface area (Å²) < 4.78 is 5.27. The summed E-state index contributed by atoms with van der Waals surface area (Å²) in [5.41, 5.74) is 1.89. The van der Waals surface area contributed by atoms with E-state index in [9.17, 15) is 5.11 Å². The van der Waals surface area contributed by atoms with E-state index in [4.69, 9.17) is 16.3 Å². The maximum atomic E-state index is 10.4. The molecule has 2 rings (SSSR count). The molecule has 0 saturated heterocycles. The Morgan fingerprint density at radius 3 is 2.82 bits per heavy atom. The van der Waals surface area contributed by atoms with E-state index in [1.807, 2.05) is 6.07 Å². The van der Waals surface area contributed by atoms with Crippen LogP contribution in [0.5, 0.6) is 5.75 Å². The highest BCUT2D eigenvalue weighted by Gasteiger charge is 2.19. The van der Waals surface area contributed by atoms with E-state index in [0.717, 1.165) is 30.4 Å². The SMILES string of the molecule is COc1cc(Cl)ccc1C(O)C1=CCCCC1. The molecule has 1 N–H and O–H groups in total. The molecule has 0 aliphatic heterocycles. The monoisotopic (exact) mass is 252 g/mol. The van der Waals surface area contributed by atoms with Crippen LogP contribution in [-0.4, -0.2) is 12.2 Å². The number of benzene rings is 1. The highest BCUT2D eigenvalue weighted by molar-refractivity contribution is 6.30. The fourth-order valence-electron chi connectivity index (χ4n) is 2.22. The molecular weight excluding hydrogens is 236 g/mol. The molecular formula is C14H17ClO2. The van der Waals surface area contributed by atoms with E-state index < -0.39 is 6.10 Å². The zero-order chi connectivity index (χ0) is 12.3. The second-order valence-electron chi connectivity index (χ2n) is 4.31. The van der Waals surface area contributed by atoms with Crippen LogP contribution in [0.3, 0.4) is 0 Å². The van der Waals surface area contributed by atoms with E-state index >= 15 is 0 Å². The van der Waals surface area contributed by atoms with Crippen molar-refractivity contribution in [3.05, 3.63) is 40.4 Å². The van der Waals surface area contributed by atoms with Crippen LogP contribution in [0.1, 0.15) is 37.4 Å². The first-order chi connectivity index (χ1) is 8.22. The molecule has 1 aliphatic carbocycles. The molecule has 2 nitrogen and oxygen atoms in total. The molecule has 0 radical (unpaired) electrons. The van der Waals surface area contributed by atoms with Crippen molar-refractivity contribution in [1.29, 1.82) is 0 Å². The van der Waals surface area contributed by atoms with Crippen LogP contribution < -0.4 is 4.74 Å². The molecule has 0 heterocycles. The van der Waals surface area contributed by atoms with E-state index in [0.29, 0.717) is 10.8 Å². The average Bonchev–Trinajstić information content (AvgIpc) is 2.39. The van der Waals surface area contributed by atoms with Crippen LogP contribution in [0.15, 0.2) is 29.8 Å². The van der Waals surface area contributed by atoms with Crippen molar-refractivity contribution >= 4 is 11.6 Å². The summed E-state index contributed by atoms with van der Waals surface area (Å²) >= 11 is 5.91. The van der Waals surface area contributed by atoms with Gasteiger partial charge in [-0.25, -0.2) is 0 Å². The number of methoxy groups -OCH3 is 1. The number of hydrogen-bond acceptors (Lipinski definition) is 2. The molecule has 0 bridgehead atoms. The van der Waals surface area contributed by atoms with Crippen LogP contribution in [-0.2, 0) is 0 Å². The molecule has 1 atom stereocenters. The molecule has 92 valence electrons. The molecule has 0 saturated carbocycles. The van der Waals surface area contributed by atoms with Gasteiger partial charge in [0.15, 0.2) is 0 Å². The Labute approximate surface area is 107 Å². The number of aliphatic hydroxyl groups is 1. The van der Waals surface area contributed by atoms with Crippen LogP contribution in [0.4, 0.5) is 0 Å². The predicted octanol–water partition coefficient (Wildman–Crippen LogP) is 3.88. The molecule has 0 amide bonds. The Morgan fingerprint density at radius 2 is 2.18 bits per heavy atom. The highest BCUT2D eigenvalue weighted by atomic mass is 35.5. The first-order valence-electron chi connectivity index (χ1n) is 5.93. The fourth-order valence-corrected chi connectivity index (χ4v) is 2.38. The Bertz CT molecular complexity index is 426. The number of rotatable bonds is 3. The van der Waals surface area contributed by atoms with Crippen LogP contribution in [0.2, 0.25) is 5.02 Å². The minimum Gasteiger partial charge on any atom is -0.496 e. The highest BCUT2D eigenvalue weighted by Crippen LogP contribution is 2.35. The second-order valence-corrected chi connectivity index (χ2v) is 4.75. The van der Waals surface area contributed by atoms with Gasteiger partial charge in [-0.15, -0.1) is 0 Å². The summed E-state index contributed by atoms with van der Waals surface area (Å²) in [7, 11) is 1.59. The minimum atomic E-state index is -0.567. The lowest BCUT2D eigenvalue weighted by atomic mass is 9.91. The third-order valence-electron chi connectivity index (χ3n) is 3.17. The number of ether oxygens (including phenoxy) is 1. The average molecular weight is 253 g/mol. The summed E-state index contributed by atoms with van der Waals surface area (Å²) in [6, 6.07) is 5.36. The first kappa shape index (κ1) is 12.5. The van der Waals surface area contributed by atoms with Crippen molar-refractivity contribution in [2.24, 2.45) is 0 Å². The first-order valence-corrected chi connectivity index (χ1v) is 6.30. The van der Waals surface area contributed by atoms with Crippen LogP contribution >= 0.6 is 11.6 Å². The fraction of sp³-hybridized carbons (Fsp3) is 0.429. The van der Waals surface area contributed by atoms with Crippen LogP contribution in [0, 0.1) is 0 Å². The van der Waals surface area contributed by atoms with Gasteiger partial charge in [-0.3, -0.25) is 0 Å². The molecule has 0 fully saturated rings. The van der Waals surface area contributed by atoms with Crippen molar-refractivity contribution < 1.29 is 9.84 Å². The zero-order valence-electron chi connectivity index (χ0n) is 9.95. The van der Waals surface area contributed by atoms with E-state index in [2.05, 4.69) is 6.08 Å². The quantitative estimate of drug-likeness (QED) is 0.828. The van der Waals surface area contributed by atoms with Gasteiger partial charge in [0, 0.05) is 10.6 Å². The summed E-state index contributed by atoms with van der Waals surface area (Å²) in [4.78, 5) is 0. The molecule has 0 spiro atoms. The van der Waals surface area contributed by atoms with Crippen molar-refractivity contribution in [2.75, 3.05) is 7.11 Å². The van der Waals surface area contributed by atoms with Gasteiger partial charge in [0.25, 0.3) is 0 Å². The Morgan fingerprint density at radius 1 is 1.35 bits per heavy atom. The molecule has 0 aromatic heterocycles. The Balaban J connectivity index is 2.29. The Kier molecular flexibility index (Phi) is 4.08. The van der Waals surface area contributed by atoms with Crippen molar-refractivity contribution in [3.63, 3.8) is 0 Å². The lowest BCUT2D eigenvalue weighted by Gasteiger charge is -2.20. The maximum absolute atomic E-state index is 10.4. The van der Waals surface area contributed by atoms with Gasteiger partial charge in [0.2, 0.25) is 0 Å². The molecule has 1 aliphatic rings. The van der Waals surface area contributed by atoms with E-state index in [1.54, 1.807) is 19.2 Å². The lowest BCUT2D eigenvalue weighted by molar-refractivity contribution is 0.203. The largest absolute Gasteiger partial charge is 0.496 e. The lowest BCUT2D eigenvalue weighted by Crippen LogP contribution is -2.06. The normalized spacial score (nSPS) is 17.5. The summed E-state index contributed by atoms with van der Waals surface area (Å²) in [5, 5.41) is 11.0. The molecule has 1 aromatic carbocycles. The van der Waals surface area contributed by atoms with Gasteiger partial charge in [0.05, 0.1) is 7.11 Å². The van der Waals surface area contributed by atoms with Crippen LogP contribution in [0.25, 0.3) is 0 Å². The topological polar surface area (TPSA) is 29.5 Å².